The molecule has 1 N–H and O–H groups in total. The summed E-state index contributed by atoms with van der Waals surface area (Å²) in [7, 11) is 0. The van der Waals surface area contributed by atoms with Crippen molar-refractivity contribution in [1.82, 2.24) is 14.9 Å². The molecule has 2 heterocycles. The summed E-state index contributed by atoms with van der Waals surface area (Å²) in [5, 5.41) is 3.79. The van der Waals surface area contributed by atoms with E-state index in [4.69, 9.17) is 16.3 Å². The van der Waals surface area contributed by atoms with Crippen LogP contribution in [0.5, 0.6) is 0 Å². The highest BCUT2D eigenvalue weighted by Gasteiger charge is 2.41. The van der Waals surface area contributed by atoms with E-state index in [0.717, 1.165) is 18.5 Å². The smallest absolute Gasteiger partial charge is 0.230 e. The average molecular weight is 348 g/mol. The van der Waals surface area contributed by atoms with E-state index in [2.05, 4.69) is 10.3 Å². The number of carbonyl (C=O) groups excluding carboxylic acids is 1. The second kappa shape index (κ2) is 7.81. The van der Waals surface area contributed by atoms with Gasteiger partial charge in [-0.3, -0.25) is 4.79 Å². The van der Waals surface area contributed by atoms with Crippen molar-refractivity contribution in [2.45, 2.75) is 31.2 Å². The Morgan fingerprint density at radius 2 is 2.04 bits per heavy atom. The molecule has 6 heteroatoms. The average Bonchev–Trinajstić information content (AvgIpc) is 3.13. The predicted octanol–water partition coefficient (Wildman–Crippen LogP) is 2.79. The van der Waals surface area contributed by atoms with Crippen LogP contribution in [0.3, 0.4) is 0 Å². The van der Waals surface area contributed by atoms with Gasteiger partial charge in [0.2, 0.25) is 5.91 Å². The Bertz CT molecular complexity index is 649. The number of nitrogens with zero attached hydrogens (tertiary/aromatic N) is 2. The Hall–Kier alpha value is -1.85. The van der Waals surface area contributed by atoms with Crippen molar-refractivity contribution < 1.29 is 9.53 Å². The molecular formula is C18H22ClN3O2. The van der Waals surface area contributed by atoms with Crippen LogP contribution in [0, 0.1) is 0 Å². The first-order valence-electron chi connectivity index (χ1n) is 8.28. The summed E-state index contributed by atoms with van der Waals surface area (Å²) in [6.07, 6.45) is 7.74. The van der Waals surface area contributed by atoms with Gasteiger partial charge in [0.1, 0.15) is 0 Å². The minimum atomic E-state index is -0.516. The number of hydrogen-bond acceptors (Lipinski definition) is 3. The number of imidazole rings is 1. The van der Waals surface area contributed by atoms with Crippen molar-refractivity contribution >= 4 is 17.5 Å². The fraction of sp³-hybridized carbons (Fsp3) is 0.444. The molecule has 1 aromatic heterocycles. The number of amides is 1. The molecule has 3 rings (SSSR count). The molecule has 128 valence electrons. The van der Waals surface area contributed by atoms with Crippen molar-refractivity contribution in [1.29, 1.82) is 0 Å². The molecule has 0 saturated carbocycles. The van der Waals surface area contributed by atoms with E-state index in [1.54, 1.807) is 12.5 Å². The first kappa shape index (κ1) is 17.0. The van der Waals surface area contributed by atoms with E-state index in [1.165, 1.54) is 0 Å². The summed E-state index contributed by atoms with van der Waals surface area (Å²) in [5.74, 6) is 0.0822. The number of nitrogens with one attached hydrogen (secondary N) is 1. The van der Waals surface area contributed by atoms with Crippen molar-refractivity contribution in [3.8, 4) is 0 Å². The number of ether oxygens (including phenoxy) is 1. The second-order valence-corrected chi connectivity index (χ2v) is 6.55. The van der Waals surface area contributed by atoms with E-state index in [0.29, 0.717) is 37.6 Å². The van der Waals surface area contributed by atoms with Crippen LogP contribution in [0.1, 0.15) is 24.8 Å². The standard InChI is InChI=1S/C18H22ClN3O2/c19-16-4-2-15(3-5-16)18(6-12-24-13-7-18)17(23)21-8-1-10-22-11-9-20-14-22/h2-5,9,11,14H,1,6-8,10,12-13H2,(H,21,23). The molecule has 0 unspecified atom stereocenters. The summed E-state index contributed by atoms with van der Waals surface area (Å²) in [4.78, 5) is 17.0. The Labute approximate surface area is 147 Å². The molecule has 0 spiro atoms. The minimum absolute atomic E-state index is 0.0822. The van der Waals surface area contributed by atoms with Gasteiger partial charge < -0.3 is 14.6 Å². The van der Waals surface area contributed by atoms with Gasteiger partial charge >= 0.3 is 0 Å². The van der Waals surface area contributed by atoms with E-state index in [1.807, 2.05) is 35.0 Å². The van der Waals surface area contributed by atoms with Crippen LogP contribution in [0.15, 0.2) is 43.0 Å². The number of aryl methyl sites for hydroxylation is 1. The van der Waals surface area contributed by atoms with Gasteiger partial charge in [0.25, 0.3) is 0 Å². The number of hydrogen-bond donors (Lipinski definition) is 1. The lowest BCUT2D eigenvalue weighted by molar-refractivity contribution is -0.130. The van der Waals surface area contributed by atoms with Gasteiger partial charge in [0, 0.05) is 43.7 Å². The van der Waals surface area contributed by atoms with Crippen molar-refractivity contribution in [2.75, 3.05) is 19.8 Å². The lowest BCUT2D eigenvalue weighted by atomic mass is 9.73. The SMILES string of the molecule is O=C(NCCCn1ccnc1)C1(c2ccc(Cl)cc2)CCOCC1. The third-order valence-electron chi connectivity index (χ3n) is 4.62. The minimum Gasteiger partial charge on any atom is -0.381 e. The normalized spacial score (nSPS) is 16.7. The van der Waals surface area contributed by atoms with E-state index >= 15 is 0 Å². The molecule has 1 fully saturated rings. The number of carbonyl (C=O) groups is 1. The molecule has 0 bridgehead atoms. The Balaban J connectivity index is 1.64. The van der Waals surface area contributed by atoms with Gasteiger partial charge in [-0.25, -0.2) is 4.98 Å². The summed E-state index contributed by atoms with van der Waals surface area (Å²) >= 11 is 5.99. The zero-order valence-corrected chi connectivity index (χ0v) is 14.3. The highest BCUT2D eigenvalue weighted by atomic mass is 35.5. The van der Waals surface area contributed by atoms with Crippen molar-refractivity contribution in [3.63, 3.8) is 0 Å². The van der Waals surface area contributed by atoms with Crippen LogP contribution in [0.2, 0.25) is 5.02 Å². The Kier molecular flexibility index (Phi) is 5.53. The third-order valence-corrected chi connectivity index (χ3v) is 4.87. The topological polar surface area (TPSA) is 56.2 Å². The highest BCUT2D eigenvalue weighted by molar-refractivity contribution is 6.30. The maximum atomic E-state index is 12.9. The zero-order valence-electron chi connectivity index (χ0n) is 13.6. The molecule has 5 nitrogen and oxygen atoms in total. The maximum Gasteiger partial charge on any atom is 0.230 e. The fourth-order valence-corrected chi connectivity index (χ4v) is 3.31. The number of benzene rings is 1. The van der Waals surface area contributed by atoms with Crippen LogP contribution >= 0.6 is 11.6 Å². The van der Waals surface area contributed by atoms with Gasteiger partial charge in [-0.15, -0.1) is 0 Å². The van der Waals surface area contributed by atoms with Gasteiger partial charge in [0.05, 0.1) is 11.7 Å². The van der Waals surface area contributed by atoms with Crippen LogP contribution in [0.25, 0.3) is 0 Å². The van der Waals surface area contributed by atoms with E-state index in [-0.39, 0.29) is 5.91 Å². The summed E-state index contributed by atoms with van der Waals surface area (Å²) in [6.45, 7) is 2.70. The largest absolute Gasteiger partial charge is 0.381 e. The molecule has 1 saturated heterocycles. The van der Waals surface area contributed by atoms with E-state index < -0.39 is 5.41 Å². The van der Waals surface area contributed by atoms with Crippen LogP contribution in [-0.4, -0.2) is 35.2 Å². The Morgan fingerprint density at radius 1 is 1.29 bits per heavy atom. The lowest BCUT2D eigenvalue weighted by Gasteiger charge is -2.36. The number of halogens is 1. The second-order valence-electron chi connectivity index (χ2n) is 6.11. The van der Waals surface area contributed by atoms with Crippen LogP contribution in [-0.2, 0) is 21.5 Å². The molecular weight excluding hydrogens is 326 g/mol. The maximum absolute atomic E-state index is 12.9. The van der Waals surface area contributed by atoms with Crippen molar-refractivity contribution in [2.24, 2.45) is 0 Å². The molecule has 0 radical (unpaired) electrons. The first-order chi connectivity index (χ1) is 11.7. The molecule has 24 heavy (non-hydrogen) atoms. The van der Waals surface area contributed by atoms with Gasteiger partial charge in [-0.05, 0) is 37.0 Å². The third kappa shape index (κ3) is 3.79. The molecule has 1 aliphatic heterocycles. The van der Waals surface area contributed by atoms with Gasteiger partial charge in [0.15, 0.2) is 0 Å². The van der Waals surface area contributed by atoms with Gasteiger partial charge in [-0.2, -0.15) is 0 Å². The molecule has 1 aliphatic rings. The first-order valence-corrected chi connectivity index (χ1v) is 8.66. The molecule has 1 aromatic carbocycles. The summed E-state index contributed by atoms with van der Waals surface area (Å²) in [5.41, 5.74) is 0.500. The Morgan fingerprint density at radius 3 is 2.71 bits per heavy atom. The van der Waals surface area contributed by atoms with Crippen LogP contribution in [0.4, 0.5) is 0 Å². The van der Waals surface area contributed by atoms with Gasteiger partial charge in [-0.1, -0.05) is 23.7 Å². The van der Waals surface area contributed by atoms with Crippen molar-refractivity contribution in [3.05, 3.63) is 53.6 Å². The number of aromatic nitrogens is 2. The van der Waals surface area contributed by atoms with Crippen LogP contribution < -0.4 is 5.32 Å². The lowest BCUT2D eigenvalue weighted by Crippen LogP contribution is -2.48. The molecule has 2 aromatic rings. The van der Waals surface area contributed by atoms with E-state index in [9.17, 15) is 4.79 Å². The fourth-order valence-electron chi connectivity index (χ4n) is 3.19. The summed E-state index contributed by atoms with van der Waals surface area (Å²) < 4.78 is 7.49. The molecule has 0 aliphatic carbocycles. The summed E-state index contributed by atoms with van der Waals surface area (Å²) in [6, 6.07) is 7.61. The quantitative estimate of drug-likeness (QED) is 0.817. The zero-order chi connectivity index (χ0) is 16.8. The number of rotatable bonds is 6. The molecule has 1 amide bonds. The highest BCUT2D eigenvalue weighted by Crippen LogP contribution is 2.35. The monoisotopic (exact) mass is 347 g/mol. The molecule has 0 atom stereocenters. The predicted molar refractivity (Wildman–Crippen MR) is 93.0 cm³/mol.